The van der Waals surface area contributed by atoms with Crippen molar-refractivity contribution in [2.75, 3.05) is 6.54 Å². The summed E-state index contributed by atoms with van der Waals surface area (Å²) in [6.45, 7) is 8.69. The number of halogens is 1. The number of hydrogen-bond acceptors (Lipinski definition) is 2. The van der Waals surface area contributed by atoms with Gasteiger partial charge < -0.3 is 15.4 Å². The lowest BCUT2D eigenvalue weighted by Gasteiger charge is -2.12. The Morgan fingerprint density at radius 1 is 0.962 bits per heavy atom. The van der Waals surface area contributed by atoms with Crippen LogP contribution in [-0.4, -0.2) is 18.6 Å². The number of benzene rings is 2. The van der Waals surface area contributed by atoms with Gasteiger partial charge in [0.25, 0.3) is 0 Å². The maximum atomic E-state index is 13.0. The molecule has 0 aliphatic heterocycles. The lowest BCUT2D eigenvalue weighted by molar-refractivity contribution is 0.0657. The second kappa shape index (κ2) is 10.6. The predicted octanol–water partition coefficient (Wildman–Crippen LogP) is 4.01. The Morgan fingerprint density at radius 3 is 2.19 bits per heavy atom. The van der Waals surface area contributed by atoms with E-state index in [4.69, 9.17) is 4.74 Å². The maximum Gasteiger partial charge on any atom is 0.191 e. The Kier molecular flexibility index (Phi) is 8.09. The molecule has 0 saturated heterocycles. The van der Waals surface area contributed by atoms with E-state index >= 15 is 0 Å². The fraction of sp³-hybridized carbons (Fsp3) is 0.381. The van der Waals surface area contributed by atoms with E-state index in [0.717, 1.165) is 18.1 Å². The molecule has 2 aromatic carbocycles. The first-order valence-electron chi connectivity index (χ1n) is 9.03. The average Bonchev–Trinajstić information content (AvgIpc) is 2.64. The van der Waals surface area contributed by atoms with E-state index in [1.165, 1.54) is 23.3 Å². The van der Waals surface area contributed by atoms with Gasteiger partial charge in [0.2, 0.25) is 0 Å². The third-order valence-corrected chi connectivity index (χ3v) is 3.74. The lowest BCUT2D eigenvalue weighted by atomic mass is 10.1. The summed E-state index contributed by atoms with van der Waals surface area (Å²) in [5.41, 5.74) is 3.31. The van der Waals surface area contributed by atoms with Crippen molar-refractivity contribution >= 4 is 5.96 Å². The van der Waals surface area contributed by atoms with Gasteiger partial charge in [-0.3, -0.25) is 0 Å². The van der Waals surface area contributed by atoms with Gasteiger partial charge in [0.1, 0.15) is 5.82 Å². The minimum absolute atomic E-state index is 0.231. The molecule has 0 aromatic heterocycles. The highest BCUT2D eigenvalue weighted by atomic mass is 19.1. The Bertz CT molecular complexity index is 681. The molecular weight excluding hydrogens is 329 g/mol. The van der Waals surface area contributed by atoms with Crippen LogP contribution in [0, 0.1) is 5.82 Å². The zero-order chi connectivity index (χ0) is 18.8. The van der Waals surface area contributed by atoms with E-state index in [2.05, 4.69) is 39.9 Å². The fourth-order valence-electron chi connectivity index (χ4n) is 2.30. The molecule has 140 valence electrons. The molecule has 0 atom stereocenters. The van der Waals surface area contributed by atoms with Crippen LogP contribution in [0.25, 0.3) is 0 Å². The molecule has 0 fully saturated rings. The van der Waals surface area contributed by atoms with Crippen LogP contribution in [-0.2, 0) is 24.4 Å². The molecule has 0 heterocycles. The highest BCUT2D eigenvalue weighted by Gasteiger charge is 2.01. The SMILES string of the molecule is CCNC(=NCc1ccc(F)cc1)NCc1ccc(COC(C)C)cc1. The second-order valence-electron chi connectivity index (χ2n) is 6.35. The number of nitrogens with zero attached hydrogens (tertiary/aromatic N) is 1. The number of ether oxygens (including phenoxy) is 1. The van der Waals surface area contributed by atoms with E-state index in [-0.39, 0.29) is 11.9 Å². The quantitative estimate of drug-likeness (QED) is 0.554. The van der Waals surface area contributed by atoms with Gasteiger partial charge in [-0.1, -0.05) is 36.4 Å². The van der Waals surface area contributed by atoms with Gasteiger partial charge in [0, 0.05) is 13.1 Å². The monoisotopic (exact) mass is 357 g/mol. The van der Waals surface area contributed by atoms with Crippen LogP contribution >= 0.6 is 0 Å². The molecule has 26 heavy (non-hydrogen) atoms. The standard InChI is InChI=1S/C21H28FN3O/c1-4-23-21(25-14-18-9-11-20(22)12-10-18)24-13-17-5-7-19(8-6-17)15-26-16(2)3/h5-12,16H,4,13-15H2,1-3H3,(H2,23,24,25). The lowest BCUT2D eigenvalue weighted by Crippen LogP contribution is -2.36. The number of nitrogens with one attached hydrogen (secondary N) is 2. The number of guanidine groups is 1. The summed E-state index contributed by atoms with van der Waals surface area (Å²) in [6.07, 6.45) is 0.233. The molecule has 2 aromatic rings. The van der Waals surface area contributed by atoms with Crippen molar-refractivity contribution in [2.45, 2.75) is 46.6 Å². The summed E-state index contributed by atoms with van der Waals surface area (Å²) in [4.78, 5) is 4.55. The molecular formula is C21H28FN3O. The van der Waals surface area contributed by atoms with Crippen molar-refractivity contribution in [3.8, 4) is 0 Å². The molecule has 0 amide bonds. The van der Waals surface area contributed by atoms with Crippen LogP contribution in [0.3, 0.4) is 0 Å². The Morgan fingerprint density at radius 2 is 1.58 bits per heavy atom. The summed E-state index contributed by atoms with van der Waals surface area (Å²) in [6, 6.07) is 14.8. The van der Waals surface area contributed by atoms with Gasteiger partial charge in [0.05, 0.1) is 19.3 Å². The average molecular weight is 357 g/mol. The molecule has 4 nitrogen and oxygen atoms in total. The van der Waals surface area contributed by atoms with Crippen LogP contribution in [0.2, 0.25) is 0 Å². The largest absolute Gasteiger partial charge is 0.374 e. The van der Waals surface area contributed by atoms with Gasteiger partial charge in [-0.05, 0) is 49.6 Å². The van der Waals surface area contributed by atoms with Gasteiger partial charge in [0.15, 0.2) is 5.96 Å². The summed E-state index contributed by atoms with van der Waals surface area (Å²) in [5, 5.41) is 6.55. The summed E-state index contributed by atoms with van der Waals surface area (Å²) < 4.78 is 18.6. The molecule has 2 N–H and O–H groups in total. The van der Waals surface area contributed by atoms with Crippen molar-refractivity contribution in [1.29, 1.82) is 0 Å². The predicted molar refractivity (Wildman–Crippen MR) is 104 cm³/mol. The first-order valence-corrected chi connectivity index (χ1v) is 9.03. The molecule has 0 unspecified atom stereocenters. The van der Waals surface area contributed by atoms with Crippen molar-refractivity contribution in [1.82, 2.24) is 10.6 Å². The molecule has 0 spiro atoms. The summed E-state index contributed by atoms with van der Waals surface area (Å²) in [7, 11) is 0. The van der Waals surface area contributed by atoms with Gasteiger partial charge in [-0.2, -0.15) is 0 Å². The minimum Gasteiger partial charge on any atom is -0.374 e. The fourth-order valence-corrected chi connectivity index (χ4v) is 2.30. The van der Waals surface area contributed by atoms with E-state index in [0.29, 0.717) is 19.7 Å². The van der Waals surface area contributed by atoms with Crippen molar-refractivity contribution < 1.29 is 9.13 Å². The van der Waals surface area contributed by atoms with Gasteiger partial charge >= 0.3 is 0 Å². The maximum absolute atomic E-state index is 13.0. The van der Waals surface area contributed by atoms with Crippen LogP contribution in [0.15, 0.2) is 53.5 Å². The number of rotatable bonds is 8. The first kappa shape index (κ1) is 19.9. The Hall–Kier alpha value is -2.40. The summed E-state index contributed by atoms with van der Waals surface area (Å²) in [5.74, 6) is 0.508. The topological polar surface area (TPSA) is 45.7 Å². The van der Waals surface area contributed by atoms with Crippen LogP contribution in [0.4, 0.5) is 4.39 Å². The smallest absolute Gasteiger partial charge is 0.191 e. The van der Waals surface area contributed by atoms with E-state index < -0.39 is 0 Å². The van der Waals surface area contributed by atoms with E-state index in [1.807, 2.05) is 20.8 Å². The van der Waals surface area contributed by atoms with Gasteiger partial charge in [-0.25, -0.2) is 9.38 Å². The van der Waals surface area contributed by atoms with Crippen LogP contribution in [0.5, 0.6) is 0 Å². The first-order chi connectivity index (χ1) is 12.6. The minimum atomic E-state index is -0.231. The molecule has 0 radical (unpaired) electrons. The zero-order valence-corrected chi connectivity index (χ0v) is 15.8. The Balaban J connectivity index is 1.88. The normalized spacial score (nSPS) is 11.7. The molecule has 0 aliphatic rings. The Labute approximate surface area is 155 Å². The highest BCUT2D eigenvalue weighted by Crippen LogP contribution is 2.07. The van der Waals surface area contributed by atoms with Crippen LogP contribution < -0.4 is 10.6 Å². The second-order valence-corrected chi connectivity index (χ2v) is 6.35. The van der Waals surface area contributed by atoms with Crippen molar-refractivity contribution in [3.05, 3.63) is 71.0 Å². The molecule has 0 saturated carbocycles. The molecule has 0 aliphatic carbocycles. The highest BCUT2D eigenvalue weighted by molar-refractivity contribution is 5.79. The van der Waals surface area contributed by atoms with Crippen LogP contribution in [0.1, 0.15) is 37.5 Å². The molecule has 5 heteroatoms. The number of aliphatic imine (C=N–C) groups is 1. The number of hydrogen-bond donors (Lipinski definition) is 2. The van der Waals surface area contributed by atoms with E-state index in [1.54, 1.807) is 12.1 Å². The van der Waals surface area contributed by atoms with Gasteiger partial charge in [-0.15, -0.1) is 0 Å². The molecule has 2 rings (SSSR count). The van der Waals surface area contributed by atoms with Crippen molar-refractivity contribution in [3.63, 3.8) is 0 Å². The van der Waals surface area contributed by atoms with Crippen molar-refractivity contribution in [2.24, 2.45) is 4.99 Å². The summed E-state index contributed by atoms with van der Waals surface area (Å²) >= 11 is 0. The van der Waals surface area contributed by atoms with E-state index in [9.17, 15) is 4.39 Å². The molecule has 0 bridgehead atoms. The third kappa shape index (κ3) is 7.23. The zero-order valence-electron chi connectivity index (χ0n) is 15.8. The third-order valence-electron chi connectivity index (χ3n) is 3.74.